The lowest BCUT2D eigenvalue weighted by Gasteiger charge is -2.49. The van der Waals surface area contributed by atoms with Crippen LogP contribution in [0.4, 0.5) is 16.3 Å². The highest BCUT2D eigenvalue weighted by molar-refractivity contribution is 5.93. The number of aryl methyl sites for hydroxylation is 2. The summed E-state index contributed by atoms with van der Waals surface area (Å²) >= 11 is 0. The van der Waals surface area contributed by atoms with Gasteiger partial charge in [0.05, 0.1) is 17.8 Å². The van der Waals surface area contributed by atoms with Gasteiger partial charge in [0.2, 0.25) is 5.91 Å². The van der Waals surface area contributed by atoms with Crippen LogP contribution in [0.1, 0.15) is 53.2 Å². The largest absolute Gasteiger partial charge is 0.447 e. The zero-order valence-electron chi connectivity index (χ0n) is 23.4. The number of benzene rings is 1. The van der Waals surface area contributed by atoms with Crippen molar-refractivity contribution in [3.05, 3.63) is 52.7 Å². The summed E-state index contributed by atoms with van der Waals surface area (Å²) in [4.78, 5) is 38.1. The van der Waals surface area contributed by atoms with Crippen molar-refractivity contribution < 1.29 is 14.3 Å². The van der Waals surface area contributed by atoms with Crippen molar-refractivity contribution >= 4 is 23.5 Å². The van der Waals surface area contributed by atoms with E-state index in [2.05, 4.69) is 51.7 Å². The smallest absolute Gasteiger partial charge is 0.414 e. The van der Waals surface area contributed by atoms with E-state index in [0.717, 1.165) is 74.7 Å². The molecule has 39 heavy (non-hydrogen) atoms. The number of likely N-dealkylation sites (tertiary alicyclic amines) is 1. The van der Waals surface area contributed by atoms with E-state index in [4.69, 9.17) is 10.5 Å². The lowest BCUT2D eigenvalue weighted by atomic mass is 9.96. The topological polar surface area (TPSA) is 95.2 Å². The van der Waals surface area contributed by atoms with Gasteiger partial charge in [-0.05, 0) is 80.9 Å². The van der Waals surface area contributed by atoms with E-state index in [1.165, 1.54) is 12.0 Å². The molecule has 1 aromatic carbocycles. The molecule has 4 fully saturated rings. The molecule has 1 unspecified atom stereocenters. The molecule has 6 rings (SSSR count). The van der Waals surface area contributed by atoms with Crippen LogP contribution < -0.4 is 15.5 Å². The number of cyclic esters (lactones) is 1. The molecular weight excluding hydrogens is 492 g/mol. The van der Waals surface area contributed by atoms with E-state index in [-0.39, 0.29) is 11.6 Å². The minimum atomic E-state index is -0.433. The Kier molecular flexibility index (Phi) is 6.75. The van der Waals surface area contributed by atoms with Gasteiger partial charge in [-0.15, -0.1) is 0 Å². The van der Waals surface area contributed by atoms with Crippen LogP contribution >= 0.6 is 0 Å². The lowest BCUT2D eigenvalue weighted by Crippen LogP contribution is -2.61. The molecule has 0 radical (unpaired) electrons. The fourth-order valence-electron chi connectivity index (χ4n) is 7.10. The van der Waals surface area contributed by atoms with E-state index in [1.807, 2.05) is 13.0 Å². The Morgan fingerprint density at radius 1 is 1.13 bits per heavy atom. The first kappa shape index (κ1) is 26.1. The van der Waals surface area contributed by atoms with Gasteiger partial charge in [-0.25, -0.2) is 9.78 Å². The number of nitrogens with zero attached hydrogens (tertiary/aromatic N) is 5. The number of rotatable bonds is 6. The van der Waals surface area contributed by atoms with Crippen molar-refractivity contribution in [2.24, 2.45) is 11.7 Å². The SMILES string of the molecule is Cc1ccc(CN2CCC(N3CCN(c4ncc(C(N)=O)cc4C)CC34C[C@@H]4C)CC2)c(N2CCOC2=O)c1. The molecule has 9 heteroatoms. The third-order valence-corrected chi connectivity index (χ3v) is 9.38. The third kappa shape index (κ3) is 4.87. The molecule has 1 saturated carbocycles. The van der Waals surface area contributed by atoms with Crippen LogP contribution in [0, 0.1) is 19.8 Å². The number of piperazine rings is 1. The number of primary amides is 1. The average Bonchev–Trinajstić information content (AvgIpc) is 3.33. The van der Waals surface area contributed by atoms with Gasteiger partial charge in [0.25, 0.3) is 0 Å². The number of piperidine rings is 1. The van der Waals surface area contributed by atoms with Crippen molar-refractivity contribution in [1.29, 1.82) is 0 Å². The predicted molar refractivity (Wildman–Crippen MR) is 151 cm³/mol. The first-order valence-corrected chi connectivity index (χ1v) is 14.3. The van der Waals surface area contributed by atoms with Crippen molar-refractivity contribution in [1.82, 2.24) is 14.8 Å². The Bertz CT molecular complexity index is 1280. The second-order valence-corrected chi connectivity index (χ2v) is 12.0. The Balaban J connectivity index is 1.10. The van der Waals surface area contributed by atoms with Crippen LogP contribution in [0.2, 0.25) is 0 Å². The molecule has 2 atom stereocenters. The van der Waals surface area contributed by atoms with Crippen molar-refractivity contribution in [3.8, 4) is 0 Å². The summed E-state index contributed by atoms with van der Waals surface area (Å²) in [6.45, 7) is 13.5. The van der Waals surface area contributed by atoms with E-state index >= 15 is 0 Å². The van der Waals surface area contributed by atoms with Crippen molar-refractivity contribution in [3.63, 3.8) is 0 Å². The maximum Gasteiger partial charge on any atom is 0.414 e. The van der Waals surface area contributed by atoms with Crippen LogP contribution in [-0.4, -0.2) is 84.2 Å². The molecule has 208 valence electrons. The predicted octanol–water partition coefficient (Wildman–Crippen LogP) is 3.32. The van der Waals surface area contributed by atoms with E-state index < -0.39 is 5.91 Å². The number of ether oxygens (including phenoxy) is 1. The van der Waals surface area contributed by atoms with Crippen LogP contribution in [-0.2, 0) is 11.3 Å². The highest BCUT2D eigenvalue weighted by Crippen LogP contribution is 2.52. The number of aromatic nitrogens is 1. The van der Waals surface area contributed by atoms with Crippen LogP contribution in [0.15, 0.2) is 30.5 Å². The fourth-order valence-corrected chi connectivity index (χ4v) is 7.10. The number of hydrogen-bond acceptors (Lipinski definition) is 7. The number of anilines is 2. The molecule has 1 aromatic heterocycles. The second-order valence-electron chi connectivity index (χ2n) is 12.0. The zero-order chi connectivity index (χ0) is 27.3. The molecule has 4 heterocycles. The Hall–Kier alpha value is -3.17. The van der Waals surface area contributed by atoms with E-state index in [0.29, 0.717) is 30.7 Å². The number of pyridine rings is 1. The first-order chi connectivity index (χ1) is 18.7. The molecule has 3 saturated heterocycles. The fraction of sp³-hybridized carbons (Fsp3) is 0.567. The summed E-state index contributed by atoms with van der Waals surface area (Å²) in [6, 6.07) is 8.88. The molecule has 2 aromatic rings. The molecule has 0 bridgehead atoms. The van der Waals surface area contributed by atoms with Crippen LogP contribution in [0.25, 0.3) is 0 Å². The normalized spacial score (nSPS) is 26.3. The molecule has 4 aliphatic rings. The monoisotopic (exact) mass is 532 g/mol. The number of carbonyl (C=O) groups excluding carboxylic acids is 2. The van der Waals surface area contributed by atoms with E-state index in [9.17, 15) is 9.59 Å². The minimum Gasteiger partial charge on any atom is -0.447 e. The summed E-state index contributed by atoms with van der Waals surface area (Å²) in [6.07, 6.45) is 4.92. The third-order valence-electron chi connectivity index (χ3n) is 9.38. The summed E-state index contributed by atoms with van der Waals surface area (Å²) in [5.41, 5.74) is 10.5. The molecular formula is C30H40N6O3. The van der Waals surface area contributed by atoms with Gasteiger partial charge in [-0.2, -0.15) is 0 Å². The molecule has 1 aliphatic carbocycles. The highest BCUT2D eigenvalue weighted by atomic mass is 16.6. The summed E-state index contributed by atoms with van der Waals surface area (Å²) in [5, 5.41) is 0. The summed E-state index contributed by atoms with van der Waals surface area (Å²) in [7, 11) is 0. The maximum absolute atomic E-state index is 12.3. The van der Waals surface area contributed by atoms with Gasteiger partial charge in [-0.3, -0.25) is 19.5 Å². The summed E-state index contributed by atoms with van der Waals surface area (Å²) in [5.74, 6) is 1.21. The molecule has 9 nitrogen and oxygen atoms in total. The number of carbonyl (C=O) groups is 2. The van der Waals surface area contributed by atoms with Gasteiger partial charge in [0.15, 0.2) is 0 Å². The zero-order valence-corrected chi connectivity index (χ0v) is 23.4. The Morgan fingerprint density at radius 3 is 2.54 bits per heavy atom. The van der Waals surface area contributed by atoms with Crippen molar-refractivity contribution in [2.75, 3.05) is 55.7 Å². The first-order valence-electron chi connectivity index (χ1n) is 14.3. The van der Waals surface area contributed by atoms with Crippen LogP contribution in [0.5, 0.6) is 0 Å². The van der Waals surface area contributed by atoms with Gasteiger partial charge in [-0.1, -0.05) is 19.1 Å². The number of nitrogens with two attached hydrogens (primary N) is 1. The number of amides is 2. The second kappa shape index (κ2) is 10.1. The lowest BCUT2D eigenvalue weighted by molar-refractivity contribution is 0.0452. The molecule has 2 amide bonds. The Labute approximate surface area is 230 Å². The maximum atomic E-state index is 12.3. The molecule has 2 N–H and O–H groups in total. The van der Waals surface area contributed by atoms with Gasteiger partial charge < -0.3 is 15.4 Å². The molecule has 3 aliphatic heterocycles. The minimum absolute atomic E-state index is 0.210. The average molecular weight is 533 g/mol. The van der Waals surface area contributed by atoms with Gasteiger partial charge in [0.1, 0.15) is 12.4 Å². The quantitative estimate of drug-likeness (QED) is 0.610. The number of hydrogen-bond donors (Lipinski definition) is 1. The standard InChI is InChI=1S/C30H40N6O3/c1-20-4-5-23(26(14-20)35-12-13-39-29(35)38)18-33-8-6-25(7-9-33)36-11-10-34(19-30(36)16-22(30)3)28-21(2)15-24(17-32-28)27(31)37/h4-5,14-15,17,22,25H,6-13,16,18-19H2,1-3H3,(H2,31,37)/t22-,30?/m0/s1. The molecule has 1 spiro atoms. The van der Waals surface area contributed by atoms with Crippen LogP contribution in [0.3, 0.4) is 0 Å². The van der Waals surface area contributed by atoms with Gasteiger partial charge >= 0.3 is 6.09 Å². The highest BCUT2D eigenvalue weighted by Gasteiger charge is 2.59. The van der Waals surface area contributed by atoms with Crippen molar-refractivity contribution in [2.45, 2.75) is 58.2 Å². The Morgan fingerprint density at radius 2 is 1.90 bits per heavy atom. The summed E-state index contributed by atoms with van der Waals surface area (Å²) < 4.78 is 5.22. The van der Waals surface area contributed by atoms with Gasteiger partial charge in [0, 0.05) is 44.0 Å². The van der Waals surface area contributed by atoms with E-state index in [1.54, 1.807) is 11.1 Å².